The van der Waals surface area contributed by atoms with Crippen molar-refractivity contribution >= 4 is 11.8 Å². The van der Waals surface area contributed by atoms with Crippen LogP contribution in [0.25, 0.3) is 11.4 Å². The van der Waals surface area contributed by atoms with Crippen LogP contribution in [0.1, 0.15) is 39.2 Å². The predicted molar refractivity (Wildman–Crippen MR) is 104 cm³/mol. The molecule has 25 heavy (non-hydrogen) atoms. The molecule has 1 saturated heterocycles. The van der Waals surface area contributed by atoms with Gasteiger partial charge < -0.3 is 4.74 Å². The van der Waals surface area contributed by atoms with Crippen molar-refractivity contribution in [2.75, 3.05) is 12.4 Å². The number of benzene rings is 1. The summed E-state index contributed by atoms with van der Waals surface area (Å²) in [5, 5.41) is 9.80. The smallest absolute Gasteiger partial charge is 0.191 e. The third kappa shape index (κ3) is 4.33. The molecule has 1 aliphatic heterocycles. The summed E-state index contributed by atoms with van der Waals surface area (Å²) in [6, 6.07) is 8.64. The Morgan fingerprint density at radius 3 is 2.64 bits per heavy atom. The van der Waals surface area contributed by atoms with E-state index >= 15 is 0 Å². The zero-order valence-corrected chi connectivity index (χ0v) is 16.2. The van der Waals surface area contributed by atoms with E-state index < -0.39 is 0 Å². The van der Waals surface area contributed by atoms with Gasteiger partial charge in [0.1, 0.15) is 0 Å². The topological polar surface area (TPSA) is 39.9 Å². The molecule has 2 heterocycles. The fourth-order valence-corrected chi connectivity index (χ4v) is 3.98. The van der Waals surface area contributed by atoms with Crippen molar-refractivity contribution in [3.63, 3.8) is 0 Å². The van der Waals surface area contributed by atoms with E-state index in [0.717, 1.165) is 41.7 Å². The minimum atomic E-state index is 0.148. The molecule has 0 saturated carbocycles. The maximum Gasteiger partial charge on any atom is 0.191 e. The molecule has 1 atom stereocenters. The van der Waals surface area contributed by atoms with Gasteiger partial charge in [0.05, 0.1) is 6.10 Å². The van der Waals surface area contributed by atoms with Crippen LogP contribution >= 0.6 is 11.8 Å². The summed E-state index contributed by atoms with van der Waals surface area (Å²) in [7, 11) is 0. The second-order valence-electron chi connectivity index (χ2n) is 7.48. The van der Waals surface area contributed by atoms with Crippen LogP contribution in [-0.2, 0) is 16.7 Å². The van der Waals surface area contributed by atoms with Gasteiger partial charge in [-0.2, -0.15) is 0 Å². The Labute approximate surface area is 154 Å². The molecular formula is C20H27N3OS. The quantitative estimate of drug-likeness (QED) is 0.555. The lowest BCUT2D eigenvalue weighted by Crippen LogP contribution is -2.11. The molecule has 0 N–H and O–H groups in total. The molecule has 5 heteroatoms. The SMILES string of the molecule is C=CCn1c(SCC2CCCO2)nnc1-c1ccc(C(C)(C)C)cc1. The van der Waals surface area contributed by atoms with Crippen molar-refractivity contribution in [3.8, 4) is 11.4 Å². The van der Waals surface area contributed by atoms with Gasteiger partial charge in [0.15, 0.2) is 11.0 Å². The van der Waals surface area contributed by atoms with E-state index in [1.54, 1.807) is 11.8 Å². The Kier molecular flexibility index (Phi) is 5.64. The number of nitrogens with zero attached hydrogens (tertiary/aromatic N) is 3. The largest absolute Gasteiger partial charge is 0.377 e. The Hall–Kier alpha value is -1.59. The van der Waals surface area contributed by atoms with Gasteiger partial charge in [0.25, 0.3) is 0 Å². The maximum absolute atomic E-state index is 5.71. The predicted octanol–water partition coefficient (Wildman–Crippen LogP) is 4.70. The Bertz CT molecular complexity index is 710. The van der Waals surface area contributed by atoms with Gasteiger partial charge in [-0.3, -0.25) is 4.57 Å². The van der Waals surface area contributed by atoms with Crippen LogP contribution in [0.15, 0.2) is 42.1 Å². The zero-order chi connectivity index (χ0) is 17.9. The summed E-state index contributed by atoms with van der Waals surface area (Å²) in [4.78, 5) is 0. The molecule has 1 unspecified atom stereocenters. The average Bonchev–Trinajstić information content (AvgIpc) is 3.22. The lowest BCUT2D eigenvalue weighted by molar-refractivity contribution is 0.129. The number of hydrogen-bond donors (Lipinski definition) is 0. The van der Waals surface area contributed by atoms with E-state index in [-0.39, 0.29) is 5.41 Å². The van der Waals surface area contributed by atoms with Gasteiger partial charge in [-0.15, -0.1) is 16.8 Å². The van der Waals surface area contributed by atoms with Gasteiger partial charge in [-0.25, -0.2) is 0 Å². The molecule has 4 nitrogen and oxygen atoms in total. The van der Waals surface area contributed by atoms with Crippen LogP contribution in [0.2, 0.25) is 0 Å². The molecule has 2 aromatic rings. The summed E-state index contributed by atoms with van der Waals surface area (Å²) < 4.78 is 7.85. The van der Waals surface area contributed by atoms with Crippen molar-refractivity contribution in [2.45, 2.75) is 56.8 Å². The van der Waals surface area contributed by atoms with E-state index in [9.17, 15) is 0 Å². The van der Waals surface area contributed by atoms with Crippen LogP contribution < -0.4 is 0 Å². The van der Waals surface area contributed by atoms with Crippen molar-refractivity contribution in [2.24, 2.45) is 0 Å². The van der Waals surface area contributed by atoms with Crippen LogP contribution in [0, 0.1) is 0 Å². The van der Waals surface area contributed by atoms with Gasteiger partial charge in [0.2, 0.25) is 0 Å². The van der Waals surface area contributed by atoms with E-state index in [1.807, 2.05) is 6.08 Å². The summed E-state index contributed by atoms with van der Waals surface area (Å²) >= 11 is 1.72. The fraction of sp³-hybridized carbons (Fsp3) is 0.500. The molecular weight excluding hydrogens is 330 g/mol. The normalized spacial score (nSPS) is 17.8. The highest BCUT2D eigenvalue weighted by atomic mass is 32.2. The van der Waals surface area contributed by atoms with Crippen molar-refractivity contribution in [1.82, 2.24) is 14.8 Å². The molecule has 1 aliphatic rings. The fourth-order valence-electron chi connectivity index (χ4n) is 2.97. The zero-order valence-electron chi connectivity index (χ0n) is 15.4. The number of hydrogen-bond acceptors (Lipinski definition) is 4. The molecule has 134 valence electrons. The highest BCUT2D eigenvalue weighted by Crippen LogP contribution is 2.29. The van der Waals surface area contributed by atoms with Gasteiger partial charge in [-0.05, 0) is 23.8 Å². The van der Waals surface area contributed by atoms with Gasteiger partial charge in [-0.1, -0.05) is 62.9 Å². The first-order chi connectivity index (χ1) is 12.0. The molecule has 1 aromatic heterocycles. The van der Waals surface area contributed by atoms with E-state index in [0.29, 0.717) is 12.6 Å². The van der Waals surface area contributed by atoms with E-state index in [2.05, 4.69) is 66.4 Å². The molecule has 0 bridgehead atoms. The molecule has 1 fully saturated rings. The number of rotatable bonds is 6. The van der Waals surface area contributed by atoms with Crippen molar-refractivity contribution < 1.29 is 4.74 Å². The number of ether oxygens (including phenoxy) is 1. The van der Waals surface area contributed by atoms with Crippen LogP contribution in [0.3, 0.4) is 0 Å². The molecule has 0 aliphatic carbocycles. The van der Waals surface area contributed by atoms with Gasteiger partial charge in [0, 0.05) is 24.5 Å². The Morgan fingerprint density at radius 1 is 1.28 bits per heavy atom. The van der Waals surface area contributed by atoms with Gasteiger partial charge >= 0.3 is 0 Å². The average molecular weight is 358 g/mol. The second kappa shape index (κ2) is 7.75. The minimum Gasteiger partial charge on any atom is -0.377 e. The molecule has 0 spiro atoms. The first kappa shape index (κ1) is 18.2. The van der Waals surface area contributed by atoms with E-state index in [4.69, 9.17) is 4.74 Å². The number of aromatic nitrogens is 3. The van der Waals surface area contributed by atoms with Crippen molar-refractivity contribution in [3.05, 3.63) is 42.5 Å². The Morgan fingerprint density at radius 2 is 2.04 bits per heavy atom. The first-order valence-corrected chi connectivity index (χ1v) is 9.87. The van der Waals surface area contributed by atoms with E-state index in [1.165, 1.54) is 5.56 Å². The van der Waals surface area contributed by atoms with Crippen molar-refractivity contribution in [1.29, 1.82) is 0 Å². The first-order valence-electron chi connectivity index (χ1n) is 8.88. The summed E-state index contributed by atoms with van der Waals surface area (Å²) in [5.41, 5.74) is 2.56. The maximum atomic E-state index is 5.71. The third-order valence-electron chi connectivity index (χ3n) is 4.46. The third-order valence-corrected chi connectivity index (χ3v) is 5.56. The summed E-state index contributed by atoms with van der Waals surface area (Å²) in [6.07, 6.45) is 4.54. The van der Waals surface area contributed by atoms with Crippen LogP contribution in [-0.4, -0.2) is 33.2 Å². The van der Waals surface area contributed by atoms with Crippen LogP contribution in [0.5, 0.6) is 0 Å². The molecule has 3 rings (SSSR count). The lowest BCUT2D eigenvalue weighted by Gasteiger charge is -2.19. The standard InChI is InChI=1S/C20H27N3OS/c1-5-12-23-18(15-8-10-16(11-9-15)20(2,3)4)21-22-19(23)25-14-17-7-6-13-24-17/h5,8-11,17H,1,6-7,12-14H2,2-4H3. The summed E-state index contributed by atoms with van der Waals surface area (Å²) in [6.45, 7) is 12.1. The molecule has 0 radical (unpaired) electrons. The highest BCUT2D eigenvalue weighted by molar-refractivity contribution is 7.99. The Balaban J connectivity index is 1.81. The number of thioether (sulfide) groups is 1. The highest BCUT2D eigenvalue weighted by Gasteiger charge is 2.20. The summed E-state index contributed by atoms with van der Waals surface area (Å²) in [5.74, 6) is 1.83. The minimum absolute atomic E-state index is 0.148. The number of allylic oxidation sites excluding steroid dienone is 1. The lowest BCUT2D eigenvalue weighted by atomic mass is 9.87. The molecule has 0 amide bonds. The molecule has 1 aromatic carbocycles. The monoisotopic (exact) mass is 357 g/mol. The second-order valence-corrected chi connectivity index (χ2v) is 8.47. The van der Waals surface area contributed by atoms with Crippen LogP contribution in [0.4, 0.5) is 0 Å².